The quantitative estimate of drug-likeness (QED) is 0.722. The lowest BCUT2D eigenvalue weighted by atomic mass is 9.92. The van der Waals surface area contributed by atoms with Crippen molar-refractivity contribution in [2.24, 2.45) is 0 Å². The summed E-state index contributed by atoms with van der Waals surface area (Å²) >= 11 is 12.0. The molecule has 2 rings (SSSR count). The summed E-state index contributed by atoms with van der Waals surface area (Å²) in [6.45, 7) is -1.05. The number of alkyl halides is 3. The van der Waals surface area contributed by atoms with E-state index < -0.39 is 34.8 Å². The summed E-state index contributed by atoms with van der Waals surface area (Å²) < 4.78 is 67.0. The molecule has 25 heavy (non-hydrogen) atoms. The Hall–Kier alpha value is -0.840. The van der Waals surface area contributed by atoms with Gasteiger partial charge in [-0.15, -0.1) is 11.3 Å². The standard InChI is InChI=1S/C14H12Cl2F3NO3S2/c15-9-3-1-8(2-4-9)13(14(17,18)19)10(7-21)20-25(22,23)12-6-5-11(16)24-12/h1-6,10,13,20-21H,7H2/t10-,13+/m1/s1. The molecule has 0 aliphatic rings. The summed E-state index contributed by atoms with van der Waals surface area (Å²) in [5.74, 6) is -2.25. The third-order valence-corrected chi connectivity index (χ3v) is 6.77. The molecule has 0 spiro atoms. The average Bonchev–Trinajstić information content (AvgIpc) is 2.94. The van der Waals surface area contributed by atoms with Gasteiger partial charge in [0.25, 0.3) is 0 Å². The van der Waals surface area contributed by atoms with Crippen LogP contribution in [0.2, 0.25) is 9.36 Å². The Labute approximate surface area is 156 Å². The van der Waals surface area contributed by atoms with Crippen LogP contribution < -0.4 is 4.72 Å². The Morgan fingerprint density at radius 1 is 1.12 bits per heavy atom. The van der Waals surface area contributed by atoms with Crippen LogP contribution in [-0.2, 0) is 10.0 Å². The van der Waals surface area contributed by atoms with Crippen LogP contribution in [0.3, 0.4) is 0 Å². The fourth-order valence-corrected chi connectivity index (χ4v) is 5.09. The van der Waals surface area contributed by atoms with Gasteiger partial charge in [-0.1, -0.05) is 35.3 Å². The highest BCUT2D eigenvalue weighted by Gasteiger charge is 2.47. The summed E-state index contributed by atoms with van der Waals surface area (Å²) in [6, 6.07) is 5.48. The van der Waals surface area contributed by atoms with E-state index in [0.717, 1.165) is 12.1 Å². The number of benzene rings is 1. The Balaban J connectivity index is 2.38. The zero-order chi connectivity index (χ0) is 18.8. The first-order chi connectivity index (χ1) is 11.5. The van der Waals surface area contributed by atoms with E-state index in [1.165, 1.54) is 24.3 Å². The Bertz CT molecular complexity index is 823. The van der Waals surface area contributed by atoms with Gasteiger partial charge < -0.3 is 5.11 Å². The molecular formula is C14H12Cl2F3NO3S2. The molecule has 0 aliphatic heterocycles. The monoisotopic (exact) mass is 433 g/mol. The minimum absolute atomic E-state index is 0.172. The Morgan fingerprint density at radius 3 is 2.16 bits per heavy atom. The van der Waals surface area contributed by atoms with Crippen molar-refractivity contribution in [3.8, 4) is 0 Å². The predicted octanol–water partition coefficient (Wildman–Crippen LogP) is 4.04. The lowest BCUT2D eigenvalue weighted by Gasteiger charge is -2.28. The summed E-state index contributed by atoms with van der Waals surface area (Å²) in [7, 11) is -4.27. The number of thiophene rings is 1. The number of hydrogen-bond acceptors (Lipinski definition) is 4. The topological polar surface area (TPSA) is 66.4 Å². The zero-order valence-electron chi connectivity index (χ0n) is 12.3. The number of hydrogen-bond donors (Lipinski definition) is 2. The highest BCUT2D eigenvalue weighted by molar-refractivity contribution is 7.91. The first-order valence-electron chi connectivity index (χ1n) is 6.75. The van der Waals surface area contributed by atoms with Crippen molar-refractivity contribution < 1.29 is 26.7 Å². The SMILES string of the molecule is O=S(=O)(N[C@H](CO)[C@H](c1ccc(Cl)cc1)C(F)(F)F)c1ccc(Cl)s1. The molecule has 1 aromatic heterocycles. The number of aliphatic hydroxyl groups excluding tert-OH is 1. The first kappa shape index (κ1) is 20.5. The van der Waals surface area contributed by atoms with E-state index in [4.69, 9.17) is 23.2 Å². The maximum absolute atomic E-state index is 13.5. The van der Waals surface area contributed by atoms with E-state index in [2.05, 4.69) is 0 Å². The molecule has 2 aromatic rings. The van der Waals surface area contributed by atoms with E-state index in [1.54, 1.807) is 0 Å². The predicted molar refractivity (Wildman–Crippen MR) is 90.8 cm³/mol. The van der Waals surface area contributed by atoms with Crippen molar-refractivity contribution in [1.82, 2.24) is 4.72 Å². The van der Waals surface area contributed by atoms with Crippen molar-refractivity contribution in [3.05, 3.63) is 51.3 Å². The summed E-state index contributed by atoms with van der Waals surface area (Å²) in [6.07, 6.45) is -4.79. The average molecular weight is 434 g/mol. The molecule has 4 nitrogen and oxygen atoms in total. The van der Waals surface area contributed by atoms with Gasteiger partial charge >= 0.3 is 6.18 Å². The lowest BCUT2D eigenvalue weighted by Crippen LogP contribution is -2.46. The van der Waals surface area contributed by atoms with Gasteiger partial charge in [0, 0.05) is 5.02 Å². The van der Waals surface area contributed by atoms with Crippen molar-refractivity contribution in [2.75, 3.05) is 6.61 Å². The molecule has 0 saturated heterocycles. The van der Waals surface area contributed by atoms with Crippen LogP contribution in [0, 0.1) is 0 Å². The number of halogens is 5. The van der Waals surface area contributed by atoms with E-state index in [1.807, 2.05) is 4.72 Å². The summed E-state index contributed by atoms with van der Waals surface area (Å²) in [5, 5.41) is 9.65. The van der Waals surface area contributed by atoms with E-state index >= 15 is 0 Å². The fraction of sp³-hybridized carbons (Fsp3) is 0.286. The smallest absolute Gasteiger partial charge is 0.395 e. The van der Waals surface area contributed by atoms with Crippen molar-refractivity contribution in [1.29, 1.82) is 0 Å². The van der Waals surface area contributed by atoms with Gasteiger partial charge in [-0.05, 0) is 29.8 Å². The third-order valence-electron chi connectivity index (χ3n) is 3.30. The van der Waals surface area contributed by atoms with Gasteiger partial charge in [-0.3, -0.25) is 0 Å². The molecule has 0 radical (unpaired) electrons. The van der Waals surface area contributed by atoms with Gasteiger partial charge in [-0.2, -0.15) is 13.2 Å². The Kier molecular flexibility index (Phi) is 6.40. The maximum atomic E-state index is 13.5. The van der Waals surface area contributed by atoms with E-state index in [-0.39, 0.29) is 19.1 Å². The molecular weight excluding hydrogens is 422 g/mol. The number of nitrogens with one attached hydrogen (secondary N) is 1. The minimum atomic E-state index is -4.79. The van der Waals surface area contributed by atoms with Crippen LogP contribution in [0.4, 0.5) is 13.2 Å². The van der Waals surface area contributed by atoms with Gasteiger partial charge in [0.15, 0.2) is 0 Å². The molecule has 0 amide bonds. The molecule has 2 atom stereocenters. The number of rotatable bonds is 6. The van der Waals surface area contributed by atoms with E-state index in [0.29, 0.717) is 11.3 Å². The molecule has 0 aliphatic carbocycles. The molecule has 138 valence electrons. The highest BCUT2D eigenvalue weighted by atomic mass is 35.5. The van der Waals surface area contributed by atoms with Gasteiger partial charge in [0.2, 0.25) is 10.0 Å². The van der Waals surface area contributed by atoms with Crippen LogP contribution in [0.1, 0.15) is 11.5 Å². The maximum Gasteiger partial charge on any atom is 0.397 e. The molecule has 0 bridgehead atoms. The van der Waals surface area contributed by atoms with Crippen LogP contribution >= 0.6 is 34.5 Å². The molecule has 11 heteroatoms. The van der Waals surface area contributed by atoms with E-state index in [9.17, 15) is 26.7 Å². The van der Waals surface area contributed by atoms with Crippen LogP contribution in [-0.4, -0.2) is 32.3 Å². The second-order valence-electron chi connectivity index (χ2n) is 5.04. The molecule has 1 heterocycles. The largest absolute Gasteiger partial charge is 0.397 e. The molecule has 0 fully saturated rings. The number of aliphatic hydroxyl groups is 1. The van der Waals surface area contributed by atoms with Crippen molar-refractivity contribution in [3.63, 3.8) is 0 Å². The molecule has 0 saturated carbocycles. The lowest BCUT2D eigenvalue weighted by molar-refractivity contribution is -0.158. The van der Waals surface area contributed by atoms with Crippen molar-refractivity contribution >= 4 is 44.6 Å². The van der Waals surface area contributed by atoms with Gasteiger partial charge in [-0.25, -0.2) is 13.1 Å². The second-order valence-corrected chi connectivity index (χ2v) is 9.13. The fourth-order valence-electron chi connectivity index (χ4n) is 2.23. The first-order valence-corrected chi connectivity index (χ1v) is 9.81. The van der Waals surface area contributed by atoms with Crippen molar-refractivity contribution in [2.45, 2.75) is 22.3 Å². The molecule has 2 N–H and O–H groups in total. The number of sulfonamides is 1. The zero-order valence-corrected chi connectivity index (χ0v) is 15.4. The third kappa shape index (κ3) is 5.08. The second kappa shape index (κ2) is 7.81. The normalized spacial score (nSPS) is 15.1. The van der Waals surface area contributed by atoms with Crippen LogP contribution in [0.25, 0.3) is 0 Å². The molecule has 0 unspecified atom stereocenters. The summed E-state index contributed by atoms with van der Waals surface area (Å²) in [4.78, 5) is 0. The van der Waals surface area contributed by atoms with Crippen LogP contribution in [0.5, 0.6) is 0 Å². The van der Waals surface area contributed by atoms with Gasteiger partial charge in [0.05, 0.1) is 22.9 Å². The minimum Gasteiger partial charge on any atom is -0.395 e. The molecule has 1 aromatic carbocycles. The van der Waals surface area contributed by atoms with Gasteiger partial charge in [0.1, 0.15) is 4.21 Å². The van der Waals surface area contributed by atoms with Crippen LogP contribution in [0.15, 0.2) is 40.6 Å². The summed E-state index contributed by atoms with van der Waals surface area (Å²) in [5.41, 5.74) is -0.220. The Morgan fingerprint density at radius 2 is 1.72 bits per heavy atom. The highest BCUT2D eigenvalue weighted by Crippen LogP contribution is 2.38.